The van der Waals surface area contributed by atoms with Crippen molar-refractivity contribution in [2.45, 2.75) is 17.4 Å². The molecule has 0 bridgehead atoms. The van der Waals surface area contributed by atoms with E-state index in [1.54, 1.807) is 16.2 Å². The fourth-order valence-electron chi connectivity index (χ4n) is 4.05. The number of ether oxygens (including phenoxy) is 1. The third-order valence-corrected chi connectivity index (χ3v) is 8.57. The molecule has 174 valence electrons. The second-order valence-corrected chi connectivity index (χ2v) is 10.7. The zero-order chi connectivity index (χ0) is 23.4. The van der Waals surface area contributed by atoms with Gasteiger partial charge in [0, 0.05) is 25.1 Å². The maximum Gasteiger partial charge on any atom is 0.243 e. The Bertz CT molecular complexity index is 1200. The average molecular weight is 489 g/mol. The molecule has 1 unspecified atom stereocenters. The smallest absolute Gasteiger partial charge is 0.243 e. The van der Waals surface area contributed by atoms with Crippen LogP contribution < -0.4 is 0 Å². The van der Waals surface area contributed by atoms with Crippen molar-refractivity contribution < 1.29 is 22.3 Å². The highest BCUT2D eigenvalue weighted by molar-refractivity contribution is 7.89. The number of thiophene rings is 1. The summed E-state index contributed by atoms with van der Waals surface area (Å²) in [5.41, 5.74) is 2.06. The van der Waals surface area contributed by atoms with Gasteiger partial charge in [-0.1, -0.05) is 30.3 Å². The number of sulfonamides is 1. The number of amides is 1. The van der Waals surface area contributed by atoms with E-state index in [4.69, 9.17) is 4.74 Å². The van der Waals surface area contributed by atoms with Gasteiger partial charge in [0.05, 0.1) is 24.1 Å². The summed E-state index contributed by atoms with van der Waals surface area (Å²) in [5, 5.41) is 2.03. The van der Waals surface area contributed by atoms with Gasteiger partial charge in [0.25, 0.3) is 0 Å². The highest BCUT2D eigenvalue weighted by atomic mass is 32.2. The molecular weight excluding hydrogens is 463 g/mol. The molecule has 6 nitrogen and oxygen atoms in total. The molecule has 0 radical (unpaired) electrons. The molecule has 3 aromatic rings. The van der Waals surface area contributed by atoms with E-state index in [-0.39, 0.29) is 36.5 Å². The molecule has 2 aromatic carbocycles. The Balaban J connectivity index is 1.64. The quantitative estimate of drug-likeness (QED) is 0.485. The summed E-state index contributed by atoms with van der Waals surface area (Å²) in [6.07, 6.45) is 0.727. The molecule has 1 aliphatic rings. The number of rotatable bonds is 8. The molecule has 2 heterocycles. The van der Waals surface area contributed by atoms with Crippen molar-refractivity contribution in [2.24, 2.45) is 0 Å². The van der Waals surface area contributed by atoms with Gasteiger partial charge in [-0.2, -0.15) is 4.31 Å². The third-order valence-electron chi connectivity index (χ3n) is 5.71. The first-order valence-electron chi connectivity index (χ1n) is 10.6. The molecule has 0 aliphatic carbocycles. The van der Waals surface area contributed by atoms with Gasteiger partial charge in [-0.15, -0.1) is 11.3 Å². The van der Waals surface area contributed by atoms with Crippen LogP contribution in [-0.2, 0) is 26.0 Å². The van der Waals surface area contributed by atoms with Crippen LogP contribution in [0.1, 0.15) is 22.0 Å². The Morgan fingerprint density at radius 2 is 1.88 bits per heavy atom. The van der Waals surface area contributed by atoms with E-state index in [9.17, 15) is 17.6 Å². The number of methoxy groups -OCH3 is 1. The van der Waals surface area contributed by atoms with Crippen LogP contribution in [0.2, 0.25) is 0 Å². The van der Waals surface area contributed by atoms with Crippen LogP contribution in [0.3, 0.4) is 0 Å². The SMILES string of the molecule is COCCN(CC(=O)N1CCc2sccc2C1c1ccccc1)S(=O)(=O)c1ccc(F)cc1. The minimum atomic E-state index is -4.01. The zero-order valence-corrected chi connectivity index (χ0v) is 19.8. The molecule has 0 saturated carbocycles. The van der Waals surface area contributed by atoms with Crippen LogP contribution in [0.15, 0.2) is 70.9 Å². The molecule has 33 heavy (non-hydrogen) atoms. The summed E-state index contributed by atoms with van der Waals surface area (Å²) in [6, 6.07) is 16.1. The van der Waals surface area contributed by atoms with Gasteiger partial charge in [0.15, 0.2) is 0 Å². The van der Waals surface area contributed by atoms with Crippen molar-refractivity contribution in [2.75, 3.05) is 33.4 Å². The lowest BCUT2D eigenvalue weighted by molar-refractivity contribution is -0.133. The lowest BCUT2D eigenvalue weighted by atomic mass is 9.93. The monoisotopic (exact) mass is 488 g/mol. The predicted octanol–water partition coefficient (Wildman–Crippen LogP) is 3.70. The van der Waals surface area contributed by atoms with Crippen molar-refractivity contribution >= 4 is 27.3 Å². The van der Waals surface area contributed by atoms with Crippen molar-refractivity contribution in [3.8, 4) is 0 Å². The molecule has 1 aromatic heterocycles. The van der Waals surface area contributed by atoms with Crippen LogP contribution in [-0.4, -0.2) is 56.9 Å². The summed E-state index contributed by atoms with van der Waals surface area (Å²) in [6.45, 7) is 0.312. The molecule has 1 aliphatic heterocycles. The molecule has 1 atom stereocenters. The molecule has 0 saturated heterocycles. The van der Waals surface area contributed by atoms with Crippen LogP contribution in [0.25, 0.3) is 0 Å². The standard InChI is InChI=1S/C24H25FN2O4S2/c1-31-15-14-26(33(29,30)20-9-7-19(25)8-10-20)17-23(28)27-13-11-22-21(12-16-32-22)24(27)18-5-3-2-4-6-18/h2-10,12,16,24H,11,13-15,17H2,1H3. The Hall–Kier alpha value is -2.59. The van der Waals surface area contributed by atoms with Gasteiger partial charge in [-0.25, -0.2) is 12.8 Å². The second kappa shape index (κ2) is 10.1. The van der Waals surface area contributed by atoms with E-state index in [1.165, 1.54) is 24.1 Å². The first-order chi connectivity index (χ1) is 15.9. The molecule has 4 rings (SSSR count). The van der Waals surface area contributed by atoms with E-state index >= 15 is 0 Å². The molecule has 0 fully saturated rings. The number of carbonyl (C=O) groups excluding carboxylic acids is 1. The van der Waals surface area contributed by atoms with E-state index in [0.29, 0.717) is 6.54 Å². The topological polar surface area (TPSA) is 66.9 Å². The summed E-state index contributed by atoms with van der Waals surface area (Å²) < 4.78 is 46.0. The number of hydrogen-bond acceptors (Lipinski definition) is 5. The van der Waals surface area contributed by atoms with E-state index in [2.05, 4.69) is 0 Å². The predicted molar refractivity (Wildman–Crippen MR) is 125 cm³/mol. The maximum absolute atomic E-state index is 13.5. The minimum Gasteiger partial charge on any atom is -0.383 e. The number of carbonyl (C=O) groups is 1. The molecule has 0 N–H and O–H groups in total. The van der Waals surface area contributed by atoms with Crippen LogP contribution in [0.5, 0.6) is 0 Å². The lowest BCUT2D eigenvalue weighted by Gasteiger charge is -2.37. The first kappa shape index (κ1) is 23.6. The summed E-state index contributed by atoms with van der Waals surface area (Å²) >= 11 is 1.67. The maximum atomic E-state index is 13.5. The number of halogens is 1. The Labute approximate surface area is 197 Å². The number of hydrogen-bond donors (Lipinski definition) is 0. The van der Waals surface area contributed by atoms with Gasteiger partial charge in [0.1, 0.15) is 5.82 Å². The summed E-state index contributed by atoms with van der Waals surface area (Å²) in [5.74, 6) is -0.818. The summed E-state index contributed by atoms with van der Waals surface area (Å²) in [7, 11) is -2.54. The van der Waals surface area contributed by atoms with E-state index in [1.807, 2.05) is 41.8 Å². The van der Waals surface area contributed by atoms with Crippen molar-refractivity contribution in [1.29, 1.82) is 0 Å². The molecule has 9 heteroatoms. The molecule has 0 spiro atoms. The van der Waals surface area contributed by atoms with E-state index in [0.717, 1.165) is 34.0 Å². The van der Waals surface area contributed by atoms with Crippen molar-refractivity contribution in [1.82, 2.24) is 9.21 Å². The van der Waals surface area contributed by atoms with Crippen molar-refractivity contribution in [3.63, 3.8) is 0 Å². The second-order valence-electron chi connectivity index (χ2n) is 7.73. The van der Waals surface area contributed by atoms with Gasteiger partial charge >= 0.3 is 0 Å². The summed E-state index contributed by atoms with van der Waals surface area (Å²) in [4.78, 5) is 16.5. The van der Waals surface area contributed by atoms with Gasteiger partial charge in [-0.3, -0.25) is 4.79 Å². The average Bonchev–Trinajstić information content (AvgIpc) is 3.30. The molecular formula is C24H25FN2O4S2. The lowest BCUT2D eigenvalue weighted by Crippen LogP contribution is -2.47. The fourth-order valence-corrected chi connectivity index (χ4v) is 6.33. The third kappa shape index (κ3) is 5.01. The Morgan fingerprint density at radius 3 is 2.58 bits per heavy atom. The Kier molecular flexibility index (Phi) is 7.23. The first-order valence-corrected chi connectivity index (χ1v) is 12.9. The normalized spacial score (nSPS) is 16.1. The highest BCUT2D eigenvalue weighted by Gasteiger charge is 2.35. The van der Waals surface area contributed by atoms with Crippen LogP contribution in [0, 0.1) is 5.82 Å². The van der Waals surface area contributed by atoms with Crippen molar-refractivity contribution in [3.05, 3.63) is 87.9 Å². The highest BCUT2D eigenvalue weighted by Crippen LogP contribution is 2.37. The van der Waals surface area contributed by atoms with Gasteiger partial charge in [0.2, 0.25) is 15.9 Å². The molecule has 1 amide bonds. The largest absolute Gasteiger partial charge is 0.383 e. The number of nitrogens with zero attached hydrogens (tertiary/aromatic N) is 2. The minimum absolute atomic E-state index is 0.00942. The van der Waals surface area contributed by atoms with Crippen LogP contribution >= 0.6 is 11.3 Å². The van der Waals surface area contributed by atoms with Gasteiger partial charge < -0.3 is 9.64 Å². The fraction of sp³-hybridized carbons (Fsp3) is 0.292. The zero-order valence-electron chi connectivity index (χ0n) is 18.2. The number of benzene rings is 2. The van der Waals surface area contributed by atoms with Crippen LogP contribution in [0.4, 0.5) is 4.39 Å². The Morgan fingerprint density at radius 1 is 1.15 bits per heavy atom. The van der Waals surface area contributed by atoms with Gasteiger partial charge in [-0.05, 0) is 53.3 Å². The van der Waals surface area contributed by atoms with E-state index < -0.39 is 15.8 Å². The number of fused-ring (bicyclic) bond motifs is 1.